The van der Waals surface area contributed by atoms with Gasteiger partial charge in [-0.3, -0.25) is 4.79 Å². The highest BCUT2D eigenvalue weighted by Gasteiger charge is 2.09. The van der Waals surface area contributed by atoms with Crippen molar-refractivity contribution in [3.05, 3.63) is 58.9 Å². The maximum atomic E-state index is 12.1. The summed E-state index contributed by atoms with van der Waals surface area (Å²) in [5, 5.41) is 0.310. The van der Waals surface area contributed by atoms with E-state index in [1.165, 1.54) is 6.20 Å². The lowest BCUT2D eigenvalue weighted by atomic mass is 10.0. The third kappa shape index (κ3) is 2.63. The van der Waals surface area contributed by atoms with Crippen molar-refractivity contribution in [3.8, 4) is 5.75 Å². The fourth-order valence-corrected chi connectivity index (χ4v) is 1.63. The van der Waals surface area contributed by atoms with Crippen molar-refractivity contribution < 1.29 is 9.53 Å². The Bertz CT molecular complexity index is 537. The van der Waals surface area contributed by atoms with E-state index >= 15 is 0 Å². The maximum Gasteiger partial charge on any atom is 0.193 e. The van der Waals surface area contributed by atoms with Gasteiger partial charge in [-0.25, -0.2) is 4.98 Å². The second kappa shape index (κ2) is 4.97. The van der Waals surface area contributed by atoms with Crippen LogP contribution in [0.15, 0.2) is 42.6 Å². The van der Waals surface area contributed by atoms with Crippen LogP contribution < -0.4 is 4.74 Å². The highest BCUT2D eigenvalue weighted by atomic mass is 35.5. The van der Waals surface area contributed by atoms with Gasteiger partial charge in [0.05, 0.1) is 7.11 Å². The van der Waals surface area contributed by atoms with Crippen LogP contribution in [0, 0.1) is 0 Å². The molecule has 17 heavy (non-hydrogen) atoms. The van der Waals surface area contributed by atoms with Crippen LogP contribution in [-0.4, -0.2) is 17.9 Å². The Morgan fingerprint density at radius 1 is 1.18 bits per heavy atom. The molecule has 1 heterocycles. The Hall–Kier alpha value is -1.87. The second-order valence-corrected chi connectivity index (χ2v) is 3.81. The SMILES string of the molecule is COc1ccc(C(=O)c2ccnc(Cl)c2)cc1. The zero-order chi connectivity index (χ0) is 12.3. The summed E-state index contributed by atoms with van der Waals surface area (Å²) >= 11 is 5.74. The average Bonchev–Trinajstić information content (AvgIpc) is 2.38. The van der Waals surface area contributed by atoms with Crippen molar-refractivity contribution >= 4 is 17.4 Å². The number of ketones is 1. The first-order valence-corrected chi connectivity index (χ1v) is 5.39. The van der Waals surface area contributed by atoms with Gasteiger partial charge in [-0.1, -0.05) is 11.6 Å². The Morgan fingerprint density at radius 3 is 2.47 bits per heavy atom. The van der Waals surface area contributed by atoms with Crippen molar-refractivity contribution in [1.29, 1.82) is 0 Å². The van der Waals surface area contributed by atoms with Gasteiger partial charge in [0.25, 0.3) is 0 Å². The van der Waals surface area contributed by atoms with Crippen LogP contribution in [-0.2, 0) is 0 Å². The van der Waals surface area contributed by atoms with Gasteiger partial charge in [0.15, 0.2) is 5.78 Å². The number of hydrogen-bond donors (Lipinski definition) is 0. The molecule has 0 spiro atoms. The number of methoxy groups -OCH3 is 1. The Labute approximate surface area is 104 Å². The van der Waals surface area contributed by atoms with E-state index in [4.69, 9.17) is 16.3 Å². The lowest BCUT2D eigenvalue weighted by Crippen LogP contribution is -2.01. The predicted molar refractivity (Wildman–Crippen MR) is 65.7 cm³/mol. The number of pyridine rings is 1. The number of carbonyl (C=O) groups is 1. The highest BCUT2D eigenvalue weighted by Crippen LogP contribution is 2.16. The van der Waals surface area contributed by atoms with E-state index in [-0.39, 0.29) is 5.78 Å². The summed E-state index contributed by atoms with van der Waals surface area (Å²) in [5.41, 5.74) is 1.11. The quantitative estimate of drug-likeness (QED) is 0.618. The molecular weight excluding hydrogens is 238 g/mol. The molecule has 0 aliphatic carbocycles. The molecule has 0 atom stereocenters. The largest absolute Gasteiger partial charge is 0.497 e. The van der Waals surface area contributed by atoms with E-state index < -0.39 is 0 Å². The number of ether oxygens (including phenoxy) is 1. The van der Waals surface area contributed by atoms with Crippen LogP contribution in [0.1, 0.15) is 15.9 Å². The molecular formula is C13H10ClNO2. The van der Waals surface area contributed by atoms with Gasteiger partial charge >= 0.3 is 0 Å². The van der Waals surface area contributed by atoms with Gasteiger partial charge in [-0.05, 0) is 36.4 Å². The average molecular weight is 248 g/mol. The van der Waals surface area contributed by atoms with E-state index in [1.54, 1.807) is 43.5 Å². The number of halogens is 1. The molecule has 0 saturated carbocycles. The number of rotatable bonds is 3. The Kier molecular flexibility index (Phi) is 3.40. The monoisotopic (exact) mass is 247 g/mol. The van der Waals surface area contributed by atoms with Crippen LogP contribution in [0.3, 0.4) is 0 Å². The summed E-state index contributed by atoms with van der Waals surface area (Å²) in [5.74, 6) is 0.631. The lowest BCUT2D eigenvalue weighted by molar-refractivity contribution is 0.103. The van der Waals surface area contributed by atoms with Gasteiger partial charge in [-0.2, -0.15) is 0 Å². The molecule has 0 radical (unpaired) electrons. The third-order valence-electron chi connectivity index (χ3n) is 2.34. The minimum absolute atomic E-state index is 0.0862. The minimum atomic E-state index is -0.0862. The first kappa shape index (κ1) is 11.6. The fourth-order valence-electron chi connectivity index (χ4n) is 1.45. The second-order valence-electron chi connectivity index (χ2n) is 3.42. The van der Waals surface area contributed by atoms with Gasteiger partial charge in [0.2, 0.25) is 0 Å². The van der Waals surface area contributed by atoms with E-state index in [1.807, 2.05) is 0 Å². The summed E-state index contributed by atoms with van der Waals surface area (Å²) in [6, 6.07) is 10.1. The first-order valence-electron chi connectivity index (χ1n) is 5.01. The number of aromatic nitrogens is 1. The molecule has 4 heteroatoms. The number of hydrogen-bond acceptors (Lipinski definition) is 3. The number of benzene rings is 1. The lowest BCUT2D eigenvalue weighted by Gasteiger charge is -2.03. The molecule has 2 rings (SSSR count). The molecule has 3 nitrogen and oxygen atoms in total. The molecule has 0 bridgehead atoms. The van der Waals surface area contributed by atoms with Crippen molar-refractivity contribution in [2.75, 3.05) is 7.11 Å². The van der Waals surface area contributed by atoms with E-state index in [0.717, 1.165) is 0 Å². The molecule has 0 unspecified atom stereocenters. The van der Waals surface area contributed by atoms with Crippen LogP contribution in [0.25, 0.3) is 0 Å². The van der Waals surface area contributed by atoms with Gasteiger partial charge in [0.1, 0.15) is 10.9 Å². The highest BCUT2D eigenvalue weighted by molar-refractivity contribution is 6.29. The standard InChI is InChI=1S/C13H10ClNO2/c1-17-11-4-2-9(3-5-11)13(16)10-6-7-15-12(14)8-10/h2-8H,1H3. The molecule has 0 fully saturated rings. The molecule has 2 aromatic rings. The first-order chi connectivity index (χ1) is 8.20. The number of nitrogens with zero attached hydrogens (tertiary/aromatic N) is 1. The Balaban J connectivity index is 2.30. The third-order valence-corrected chi connectivity index (χ3v) is 2.55. The van der Waals surface area contributed by atoms with Gasteiger partial charge in [-0.15, -0.1) is 0 Å². The molecule has 1 aromatic carbocycles. The summed E-state index contributed by atoms with van der Waals surface area (Å²) in [7, 11) is 1.58. The minimum Gasteiger partial charge on any atom is -0.497 e. The zero-order valence-electron chi connectivity index (χ0n) is 9.18. The molecule has 86 valence electrons. The van der Waals surface area contributed by atoms with Gasteiger partial charge in [0, 0.05) is 17.3 Å². The molecule has 0 saturated heterocycles. The van der Waals surface area contributed by atoms with Crippen molar-refractivity contribution in [2.24, 2.45) is 0 Å². The molecule has 0 N–H and O–H groups in total. The van der Waals surface area contributed by atoms with Crippen molar-refractivity contribution in [2.45, 2.75) is 0 Å². The summed E-state index contributed by atoms with van der Waals surface area (Å²) in [4.78, 5) is 15.9. The van der Waals surface area contributed by atoms with Crippen LogP contribution in [0.2, 0.25) is 5.15 Å². The molecule has 0 aliphatic rings. The van der Waals surface area contributed by atoms with E-state index in [9.17, 15) is 4.79 Å². The molecule has 0 amide bonds. The summed E-state index contributed by atoms with van der Waals surface area (Å²) in [6.45, 7) is 0. The Morgan fingerprint density at radius 2 is 1.88 bits per heavy atom. The maximum absolute atomic E-state index is 12.1. The summed E-state index contributed by atoms with van der Waals surface area (Å²) in [6.07, 6.45) is 1.51. The smallest absolute Gasteiger partial charge is 0.193 e. The van der Waals surface area contributed by atoms with Crippen LogP contribution in [0.5, 0.6) is 5.75 Å². The molecule has 1 aromatic heterocycles. The fraction of sp³-hybridized carbons (Fsp3) is 0.0769. The molecule has 0 aliphatic heterocycles. The van der Waals surface area contributed by atoms with Crippen molar-refractivity contribution in [3.63, 3.8) is 0 Å². The van der Waals surface area contributed by atoms with E-state index in [2.05, 4.69) is 4.98 Å². The van der Waals surface area contributed by atoms with Crippen molar-refractivity contribution in [1.82, 2.24) is 4.98 Å². The van der Waals surface area contributed by atoms with E-state index in [0.29, 0.717) is 22.0 Å². The van der Waals surface area contributed by atoms with Crippen LogP contribution >= 0.6 is 11.6 Å². The van der Waals surface area contributed by atoms with Crippen LogP contribution in [0.4, 0.5) is 0 Å². The normalized spacial score (nSPS) is 10.0. The van der Waals surface area contributed by atoms with Gasteiger partial charge < -0.3 is 4.74 Å². The predicted octanol–water partition coefficient (Wildman–Crippen LogP) is 2.97. The topological polar surface area (TPSA) is 39.2 Å². The number of carbonyl (C=O) groups excluding carboxylic acids is 1. The zero-order valence-corrected chi connectivity index (χ0v) is 9.94. The summed E-state index contributed by atoms with van der Waals surface area (Å²) < 4.78 is 5.03.